The summed E-state index contributed by atoms with van der Waals surface area (Å²) >= 11 is 1.79. The number of furan rings is 1. The Labute approximate surface area is 409 Å². The number of rotatable bonds is 9. The maximum absolute atomic E-state index is 12.4. The number of nitrogen functional groups attached to an aromatic ring is 1. The highest BCUT2D eigenvalue weighted by atomic mass is 32.2. The van der Waals surface area contributed by atoms with Crippen molar-refractivity contribution in [2.75, 3.05) is 70.4 Å². The van der Waals surface area contributed by atoms with Crippen molar-refractivity contribution in [2.45, 2.75) is 90.4 Å². The quantitative estimate of drug-likeness (QED) is 0.0400. The molecule has 0 spiro atoms. The SMILES string of the molecule is CN/C(=N/C#N)NCCSCc1nc[nH]c1C.COc1cc2nc(N3CCN(C(=O)c4ccco4)CC3)nc(N)c2cc1OC.C[C@]12Cc3c[nH]nc3C[C@@H]1CC[C@@H]1[C@@H]2CC[C@@]2(C)[C@H]1CC[C@]2(C)O. The molecular formula is C50H69N13O5S. The van der Waals surface area contributed by atoms with Crippen molar-refractivity contribution in [3.63, 3.8) is 0 Å². The van der Waals surface area contributed by atoms with Gasteiger partial charge >= 0.3 is 0 Å². The van der Waals surface area contributed by atoms with Crippen LogP contribution >= 0.6 is 11.8 Å². The number of amides is 1. The highest BCUT2D eigenvalue weighted by Gasteiger charge is 2.63. The minimum atomic E-state index is -0.454. The lowest BCUT2D eigenvalue weighted by Gasteiger charge is -2.60. The number of thioether (sulfide) groups is 1. The van der Waals surface area contributed by atoms with Gasteiger partial charge in [-0.15, -0.1) is 4.99 Å². The molecule has 3 saturated carbocycles. The number of nitrogens with one attached hydrogen (secondary N) is 4. The molecule has 1 saturated heterocycles. The molecule has 18 nitrogen and oxygen atoms in total. The third kappa shape index (κ3) is 10.1. The lowest BCUT2D eigenvalue weighted by molar-refractivity contribution is -0.139. The monoisotopic (exact) mass is 964 g/mol. The van der Waals surface area contributed by atoms with Crippen LogP contribution in [0.25, 0.3) is 10.9 Å². The van der Waals surface area contributed by atoms with E-state index in [1.165, 1.54) is 62.5 Å². The molecular weight excluding hydrogens is 895 g/mol. The summed E-state index contributed by atoms with van der Waals surface area (Å²) in [5.41, 5.74) is 12.0. The number of aromatic nitrogens is 6. The van der Waals surface area contributed by atoms with Gasteiger partial charge in [-0.3, -0.25) is 9.89 Å². The van der Waals surface area contributed by atoms with E-state index in [1.807, 2.05) is 11.8 Å². The molecule has 370 valence electrons. The van der Waals surface area contributed by atoms with Crippen LogP contribution in [-0.4, -0.2) is 117 Å². The van der Waals surface area contributed by atoms with Crippen LogP contribution in [0.2, 0.25) is 0 Å². The fourth-order valence-electron chi connectivity index (χ4n) is 12.2. The van der Waals surface area contributed by atoms with Gasteiger partial charge in [-0.2, -0.15) is 27.1 Å². The van der Waals surface area contributed by atoms with E-state index in [0.29, 0.717) is 77.5 Å². The number of ether oxygens (including phenoxy) is 2. The Morgan fingerprint density at radius 3 is 2.55 bits per heavy atom. The van der Waals surface area contributed by atoms with Gasteiger partial charge in [-0.05, 0) is 123 Å². The van der Waals surface area contributed by atoms with Gasteiger partial charge in [0.15, 0.2) is 17.3 Å². The van der Waals surface area contributed by atoms with Crippen LogP contribution in [0, 0.1) is 52.9 Å². The molecule has 0 unspecified atom stereocenters. The van der Waals surface area contributed by atoms with Crippen molar-refractivity contribution >= 4 is 46.3 Å². The molecule has 1 aliphatic heterocycles. The summed E-state index contributed by atoms with van der Waals surface area (Å²) in [6.45, 7) is 12.2. The number of imidazole rings is 1. The zero-order valence-electron chi connectivity index (χ0n) is 41.1. The lowest BCUT2D eigenvalue weighted by Crippen LogP contribution is -2.56. The molecule has 4 aliphatic carbocycles. The summed E-state index contributed by atoms with van der Waals surface area (Å²) in [6.07, 6.45) is 17.0. The molecule has 1 amide bonds. The molecule has 7 N–H and O–H groups in total. The summed E-state index contributed by atoms with van der Waals surface area (Å²) < 4.78 is 15.9. The van der Waals surface area contributed by atoms with Crippen LogP contribution in [-0.2, 0) is 18.6 Å². The number of aliphatic imine (C=N–C) groups is 1. The Morgan fingerprint density at radius 1 is 1.09 bits per heavy atom. The molecule has 19 heteroatoms. The van der Waals surface area contributed by atoms with Crippen molar-refractivity contribution in [2.24, 2.45) is 39.5 Å². The molecule has 4 aromatic heterocycles. The van der Waals surface area contributed by atoms with Gasteiger partial charge in [0.1, 0.15) is 5.82 Å². The fraction of sp³-hybridized carbons (Fsp3) is 0.580. The summed E-state index contributed by atoms with van der Waals surface area (Å²) in [6, 6.07) is 6.93. The first-order valence-electron chi connectivity index (χ1n) is 24.2. The molecule has 1 aromatic carbocycles. The standard InChI is InChI=1S/C21H32N2O.C19H21N5O4.C10H16N6S/c1-19-11-13-12-22-23-18(13)10-14(19)4-5-15-16(19)6-8-20(2)17(15)7-9-21(20,3)24;1-26-15-10-12-13(11-16(15)27-2)21-19(22-17(12)20)24-7-5-23(6-8-24)18(25)14-4-3-9-28-14;1-8-9(16-7-15-8)5-17-4-3-13-10(12-2)14-6-11/h12,14-17,24H,4-11H2,1-3H3,(H,22,23);3-4,9-11H,5-8H2,1-2H3,(H2,20,21,22);7H,3-5H2,1-2H3,(H,15,16)(H2,12,13,14)/t14-,15+,16-,17-,19-,20-,21-;;/m0../s1. The number of guanidine groups is 1. The fourth-order valence-corrected chi connectivity index (χ4v) is 13.0. The Bertz CT molecular complexity index is 2620. The average Bonchev–Trinajstić information content (AvgIpc) is 4.18. The third-order valence-corrected chi connectivity index (χ3v) is 17.3. The molecule has 4 fully saturated rings. The van der Waals surface area contributed by atoms with E-state index in [-0.39, 0.29) is 11.3 Å². The van der Waals surface area contributed by atoms with E-state index in [4.69, 9.17) is 24.9 Å². The van der Waals surface area contributed by atoms with Gasteiger partial charge in [-0.1, -0.05) is 13.8 Å². The van der Waals surface area contributed by atoms with Crippen molar-refractivity contribution in [1.82, 2.24) is 45.7 Å². The number of piperazine rings is 1. The van der Waals surface area contributed by atoms with Crippen LogP contribution in [0.5, 0.6) is 11.5 Å². The smallest absolute Gasteiger partial charge is 0.289 e. The number of anilines is 2. The Balaban J connectivity index is 0.000000144. The number of aromatic amines is 2. The third-order valence-electron chi connectivity index (χ3n) is 16.4. The van der Waals surface area contributed by atoms with E-state index in [2.05, 4.69) is 72.7 Å². The Morgan fingerprint density at radius 2 is 1.86 bits per heavy atom. The number of fused-ring (bicyclic) bond motifs is 7. The number of carbonyl (C=O) groups excluding carboxylic acids is 1. The molecule has 5 aromatic rings. The summed E-state index contributed by atoms with van der Waals surface area (Å²) in [7, 11) is 4.87. The number of H-pyrrole nitrogens is 2. The largest absolute Gasteiger partial charge is 0.493 e. The van der Waals surface area contributed by atoms with Gasteiger partial charge < -0.3 is 50.1 Å². The van der Waals surface area contributed by atoms with E-state index >= 15 is 0 Å². The number of hydrogen-bond acceptors (Lipinski definition) is 14. The van der Waals surface area contributed by atoms with Gasteiger partial charge in [-0.25, -0.2) is 9.97 Å². The van der Waals surface area contributed by atoms with Gasteiger partial charge in [0.25, 0.3) is 5.91 Å². The minimum Gasteiger partial charge on any atom is -0.493 e. The number of benzene rings is 1. The topological polar surface area (TPSA) is 245 Å². The van der Waals surface area contributed by atoms with Gasteiger partial charge in [0, 0.05) is 74.6 Å². The molecule has 5 heterocycles. The first-order valence-corrected chi connectivity index (χ1v) is 25.3. The van der Waals surface area contributed by atoms with Gasteiger partial charge in [0.05, 0.1) is 49.3 Å². The number of nitrogens with zero attached hydrogens (tertiary/aromatic N) is 8. The van der Waals surface area contributed by atoms with Crippen molar-refractivity contribution in [3.05, 3.63) is 71.5 Å². The number of aryl methyl sites for hydroxylation is 1. The average molecular weight is 964 g/mol. The molecule has 5 aliphatic rings. The Hall–Kier alpha value is -6.00. The zero-order valence-corrected chi connectivity index (χ0v) is 41.9. The van der Waals surface area contributed by atoms with Crippen LogP contribution in [0.4, 0.5) is 11.8 Å². The zero-order chi connectivity index (χ0) is 48.9. The highest BCUT2D eigenvalue weighted by molar-refractivity contribution is 7.98. The molecule has 0 radical (unpaired) electrons. The van der Waals surface area contributed by atoms with E-state index in [9.17, 15) is 9.90 Å². The number of hydrogen-bond donors (Lipinski definition) is 6. The summed E-state index contributed by atoms with van der Waals surface area (Å²) in [5.74, 6) is 7.81. The molecule has 10 rings (SSSR count). The van der Waals surface area contributed by atoms with Crippen LogP contribution in [0.15, 0.2) is 52.5 Å². The first kappa shape index (κ1) is 49.4. The van der Waals surface area contributed by atoms with Crippen molar-refractivity contribution < 1.29 is 23.8 Å². The predicted octanol–water partition coefficient (Wildman–Crippen LogP) is 6.50. The maximum Gasteiger partial charge on any atom is 0.289 e. The van der Waals surface area contributed by atoms with E-state index in [0.717, 1.165) is 59.5 Å². The van der Waals surface area contributed by atoms with Crippen LogP contribution in [0.3, 0.4) is 0 Å². The number of methoxy groups -OCH3 is 2. The number of aliphatic hydroxyl groups is 1. The second-order valence-electron chi connectivity index (χ2n) is 19.8. The van der Waals surface area contributed by atoms with E-state index in [1.54, 1.807) is 74.7 Å². The molecule has 7 atom stereocenters. The lowest BCUT2D eigenvalue weighted by atomic mass is 9.44. The van der Waals surface area contributed by atoms with Gasteiger partial charge in [0.2, 0.25) is 18.1 Å². The second kappa shape index (κ2) is 20.9. The molecule has 0 bridgehead atoms. The first-order chi connectivity index (χ1) is 33.2. The normalized spacial score (nSPS) is 27.0. The minimum absolute atomic E-state index is 0.111. The number of nitrogens with two attached hydrogens (primary N) is 1. The molecule has 69 heavy (non-hydrogen) atoms. The Kier molecular flexibility index (Phi) is 15.0. The van der Waals surface area contributed by atoms with E-state index < -0.39 is 5.60 Å². The summed E-state index contributed by atoms with van der Waals surface area (Å²) in [5, 5.41) is 33.6. The van der Waals surface area contributed by atoms with Crippen LogP contribution in [0.1, 0.15) is 92.5 Å². The van der Waals surface area contributed by atoms with Crippen molar-refractivity contribution in [1.29, 1.82) is 5.26 Å². The van der Waals surface area contributed by atoms with Crippen LogP contribution < -0.4 is 30.7 Å². The van der Waals surface area contributed by atoms with Crippen molar-refractivity contribution in [3.8, 4) is 17.7 Å². The summed E-state index contributed by atoms with van der Waals surface area (Å²) in [4.78, 5) is 36.1. The predicted molar refractivity (Wildman–Crippen MR) is 268 cm³/mol. The second-order valence-corrected chi connectivity index (χ2v) is 20.9. The highest BCUT2D eigenvalue weighted by Crippen LogP contribution is 2.67. The number of nitriles is 1. The maximum atomic E-state index is 12.4. The number of carbonyl (C=O) groups is 1.